The Morgan fingerprint density at radius 3 is 2.71 bits per heavy atom. The van der Waals surface area contributed by atoms with Crippen molar-refractivity contribution in [2.24, 2.45) is 0 Å². The normalized spacial score (nSPS) is 15.8. The molecule has 1 aromatic rings. The molecule has 0 aromatic carbocycles. The van der Waals surface area contributed by atoms with Crippen LogP contribution in [0, 0.1) is 13.8 Å². The number of urea groups is 1. The highest BCUT2D eigenvalue weighted by molar-refractivity contribution is 5.89. The van der Waals surface area contributed by atoms with Gasteiger partial charge in [0.2, 0.25) is 0 Å². The van der Waals surface area contributed by atoms with Gasteiger partial charge < -0.3 is 15.0 Å². The third kappa shape index (κ3) is 2.94. The summed E-state index contributed by atoms with van der Waals surface area (Å²) in [4.78, 5) is 18.0. The van der Waals surface area contributed by atoms with Gasteiger partial charge in [-0.05, 0) is 26.0 Å². The van der Waals surface area contributed by atoms with E-state index in [1.165, 1.54) is 0 Å². The second kappa shape index (κ2) is 5.14. The Hall–Kier alpha value is -1.62. The van der Waals surface area contributed by atoms with Gasteiger partial charge >= 0.3 is 6.03 Å². The van der Waals surface area contributed by atoms with Gasteiger partial charge in [0.15, 0.2) is 0 Å². The number of aryl methyl sites for hydroxylation is 2. The van der Waals surface area contributed by atoms with Crippen LogP contribution in [-0.4, -0.2) is 42.2 Å². The number of pyridine rings is 1. The number of rotatable bonds is 1. The SMILES string of the molecule is Cc1ccc(NC(=O)N2CCOCC2)c(C)n1. The first kappa shape index (κ1) is 11.9. The molecular weight excluding hydrogens is 218 g/mol. The lowest BCUT2D eigenvalue weighted by Crippen LogP contribution is -2.43. The van der Waals surface area contributed by atoms with Crippen molar-refractivity contribution >= 4 is 11.7 Å². The summed E-state index contributed by atoms with van der Waals surface area (Å²) in [5, 5.41) is 2.88. The average Bonchev–Trinajstić information content (AvgIpc) is 2.34. The molecule has 1 aromatic heterocycles. The molecule has 1 aliphatic heterocycles. The smallest absolute Gasteiger partial charge is 0.322 e. The Morgan fingerprint density at radius 2 is 2.06 bits per heavy atom. The molecule has 5 heteroatoms. The standard InChI is InChI=1S/C12H17N3O2/c1-9-3-4-11(10(2)13-9)14-12(16)15-5-7-17-8-6-15/h3-4H,5-8H2,1-2H3,(H,14,16). The number of ether oxygens (including phenoxy) is 1. The quantitative estimate of drug-likeness (QED) is 0.803. The van der Waals surface area contributed by atoms with Crippen LogP contribution in [0.15, 0.2) is 12.1 Å². The molecule has 0 radical (unpaired) electrons. The molecule has 1 aliphatic rings. The molecule has 2 heterocycles. The van der Waals surface area contributed by atoms with Gasteiger partial charge in [-0.3, -0.25) is 4.98 Å². The molecule has 0 aliphatic carbocycles. The van der Waals surface area contributed by atoms with Gasteiger partial charge in [-0.2, -0.15) is 0 Å². The van der Waals surface area contributed by atoms with E-state index >= 15 is 0 Å². The maximum Gasteiger partial charge on any atom is 0.322 e. The minimum atomic E-state index is -0.0814. The van der Waals surface area contributed by atoms with E-state index in [0.717, 1.165) is 17.1 Å². The zero-order valence-corrected chi connectivity index (χ0v) is 10.2. The minimum absolute atomic E-state index is 0.0814. The molecule has 92 valence electrons. The lowest BCUT2D eigenvalue weighted by Gasteiger charge is -2.27. The highest BCUT2D eigenvalue weighted by Crippen LogP contribution is 2.13. The third-order valence-corrected chi connectivity index (χ3v) is 2.76. The second-order valence-corrected chi connectivity index (χ2v) is 4.12. The van der Waals surface area contributed by atoms with Crippen LogP contribution in [0.2, 0.25) is 0 Å². The molecular formula is C12H17N3O2. The number of hydrogen-bond donors (Lipinski definition) is 1. The number of carbonyl (C=O) groups is 1. The number of nitrogens with zero attached hydrogens (tertiary/aromatic N) is 2. The summed E-state index contributed by atoms with van der Waals surface area (Å²) in [6, 6.07) is 3.69. The summed E-state index contributed by atoms with van der Waals surface area (Å²) in [5.74, 6) is 0. The number of morpholine rings is 1. The van der Waals surface area contributed by atoms with Crippen LogP contribution in [0.25, 0.3) is 0 Å². The van der Waals surface area contributed by atoms with Crippen molar-refractivity contribution in [1.82, 2.24) is 9.88 Å². The summed E-state index contributed by atoms with van der Waals surface area (Å²) in [7, 11) is 0. The molecule has 0 saturated carbocycles. The first-order valence-electron chi connectivity index (χ1n) is 5.75. The zero-order valence-electron chi connectivity index (χ0n) is 10.2. The van der Waals surface area contributed by atoms with E-state index in [0.29, 0.717) is 26.3 Å². The average molecular weight is 235 g/mol. The molecule has 2 rings (SSSR count). The maximum absolute atomic E-state index is 11.9. The molecule has 1 saturated heterocycles. The van der Waals surface area contributed by atoms with Gasteiger partial charge in [-0.1, -0.05) is 0 Å². The largest absolute Gasteiger partial charge is 0.378 e. The minimum Gasteiger partial charge on any atom is -0.378 e. The third-order valence-electron chi connectivity index (χ3n) is 2.76. The van der Waals surface area contributed by atoms with E-state index in [1.807, 2.05) is 26.0 Å². The van der Waals surface area contributed by atoms with Crippen molar-refractivity contribution in [3.8, 4) is 0 Å². The summed E-state index contributed by atoms with van der Waals surface area (Å²) < 4.78 is 5.21. The number of nitrogens with one attached hydrogen (secondary N) is 1. The molecule has 0 atom stereocenters. The van der Waals surface area contributed by atoms with E-state index in [4.69, 9.17) is 4.74 Å². The lowest BCUT2D eigenvalue weighted by molar-refractivity contribution is 0.0564. The van der Waals surface area contributed by atoms with Crippen LogP contribution < -0.4 is 5.32 Å². The highest BCUT2D eigenvalue weighted by atomic mass is 16.5. The fourth-order valence-corrected chi connectivity index (χ4v) is 1.78. The van der Waals surface area contributed by atoms with Gasteiger partial charge in [-0.15, -0.1) is 0 Å². The van der Waals surface area contributed by atoms with E-state index in [9.17, 15) is 4.79 Å². The van der Waals surface area contributed by atoms with Crippen molar-refractivity contribution in [1.29, 1.82) is 0 Å². The van der Waals surface area contributed by atoms with Crippen LogP contribution in [-0.2, 0) is 4.74 Å². The van der Waals surface area contributed by atoms with E-state index in [2.05, 4.69) is 10.3 Å². The molecule has 1 N–H and O–H groups in total. The van der Waals surface area contributed by atoms with Crippen molar-refractivity contribution in [3.05, 3.63) is 23.5 Å². The van der Waals surface area contributed by atoms with Crippen LogP contribution in [0.3, 0.4) is 0 Å². The molecule has 2 amide bonds. The number of carbonyl (C=O) groups excluding carboxylic acids is 1. The number of amides is 2. The monoisotopic (exact) mass is 235 g/mol. The molecule has 0 spiro atoms. The Labute approximate surface area is 101 Å². The number of hydrogen-bond acceptors (Lipinski definition) is 3. The van der Waals surface area contributed by atoms with Crippen LogP contribution in [0.5, 0.6) is 0 Å². The fraction of sp³-hybridized carbons (Fsp3) is 0.500. The second-order valence-electron chi connectivity index (χ2n) is 4.12. The van der Waals surface area contributed by atoms with Crippen molar-refractivity contribution < 1.29 is 9.53 Å². The van der Waals surface area contributed by atoms with Gasteiger partial charge in [0.1, 0.15) is 0 Å². The van der Waals surface area contributed by atoms with E-state index in [-0.39, 0.29) is 6.03 Å². The van der Waals surface area contributed by atoms with Crippen LogP contribution in [0.4, 0.5) is 10.5 Å². The first-order chi connectivity index (χ1) is 8.16. The van der Waals surface area contributed by atoms with Gasteiger partial charge in [0.25, 0.3) is 0 Å². The molecule has 5 nitrogen and oxygen atoms in total. The summed E-state index contributed by atoms with van der Waals surface area (Å²) in [6.45, 7) is 6.33. The predicted molar refractivity (Wildman–Crippen MR) is 65.1 cm³/mol. The topological polar surface area (TPSA) is 54.5 Å². The van der Waals surface area contributed by atoms with Crippen molar-refractivity contribution in [2.75, 3.05) is 31.6 Å². The Kier molecular flexibility index (Phi) is 3.58. The van der Waals surface area contributed by atoms with E-state index < -0.39 is 0 Å². The van der Waals surface area contributed by atoms with Gasteiger partial charge in [-0.25, -0.2) is 4.79 Å². The molecule has 17 heavy (non-hydrogen) atoms. The maximum atomic E-state index is 11.9. The Bertz CT molecular complexity index is 414. The summed E-state index contributed by atoms with van der Waals surface area (Å²) in [5.41, 5.74) is 2.56. The summed E-state index contributed by atoms with van der Waals surface area (Å²) in [6.07, 6.45) is 0. The van der Waals surface area contributed by atoms with Gasteiger partial charge in [0.05, 0.1) is 24.6 Å². The first-order valence-corrected chi connectivity index (χ1v) is 5.75. The molecule has 1 fully saturated rings. The van der Waals surface area contributed by atoms with Crippen LogP contribution >= 0.6 is 0 Å². The Balaban J connectivity index is 2.02. The lowest BCUT2D eigenvalue weighted by atomic mass is 10.3. The van der Waals surface area contributed by atoms with Crippen LogP contribution in [0.1, 0.15) is 11.4 Å². The number of anilines is 1. The predicted octanol–water partition coefficient (Wildman–Crippen LogP) is 1.56. The Morgan fingerprint density at radius 1 is 1.35 bits per heavy atom. The summed E-state index contributed by atoms with van der Waals surface area (Å²) >= 11 is 0. The van der Waals surface area contributed by atoms with Crippen molar-refractivity contribution in [2.45, 2.75) is 13.8 Å². The fourth-order valence-electron chi connectivity index (χ4n) is 1.78. The molecule has 0 unspecified atom stereocenters. The zero-order chi connectivity index (χ0) is 12.3. The highest BCUT2D eigenvalue weighted by Gasteiger charge is 2.17. The van der Waals surface area contributed by atoms with Gasteiger partial charge in [0, 0.05) is 18.8 Å². The van der Waals surface area contributed by atoms with Crippen molar-refractivity contribution in [3.63, 3.8) is 0 Å². The van der Waals surface area contributed by atoms with E-state index in [1.54, 1.807) is 4.90 Å². The molecule has 0 bridgehead atoms. The number of aromatic nitrogens is 1.